The van der Waals surface area contributed by atoms with Gasteiger partial charge in [-0.3, -0.25) is 10.1 Å². The molecule has 0 saturated heterocycles. The minimum absolute atomic E-state index is 0.276. The maximum atomic E-state index is 12.2. The Morgan fingerprint density at radius 3 is 2.74 bits per heavy atom. The van der Waals surface area contributed by atoms with Crippen molar-refractivity contribution in [3.63, 3.8) is 0 Å². The second-order valence-corrected chi connectivity index (χ2v) is 4.10. The minimum Gasteiger partial charge on any atom is -0.496 e. The number of aromatic nitrogens is 1. The number of nitrogen functional groups attached to an aromatic ring is 1. The highest BCUT2D eigenvalue weighted by Crippen LogP contribution is 2.26. The summed E-state index contributed by atoms with van der Waals surface area (Å²) in [4.78, 5) is 12.2. The second-order valence-electron chi connectivity index (χ2n) is 4.10. The highest BCUT2D eigenvalue weighted by Gasteiger charge is 2.19. The molecule has 0 radical (unpaired) electrons. The number of carbonyl (C=O) groups is 1. The maximum absolute atomic E-state index is 12.2. The number of carbonyl (C=O) groups excluding carboxylic acids is 1. The Morgan fingerprint density at radius 2 is 2.16 bits per heavy atom. The fourth-order valence-electron chi connectivity index (χ4n) is 1.66. The Kier molecular flexibility index (Phi) is 3.41. The molecule has 1 heterocycles. The number of hydrogen-bond acceptors (Lipinski definition) is 5. The van der Waals surface area contributed by atoms with Crippen molar-refractivity contribution in [2.45, 2.75) is 13.8 Å². The third kappa shape index (κ3) is 2.37. The van der Waals surface area contributed by atoms with Crippen LogP contribution in [-0.2, 0) is 0 Å². The molecule has 0 saturated carbocycles. The van der Waals surface area contributed by atoms with Crippen LogP contribution in [0.1, 0.15) is 21.6 Å². The monoisotopic (exact) mass is 261 g/mol. The van der Waals surface area contributed by atoms with Gasteiger partial charge in [0.25, 0.3) is 5.91 Å². The topological polar surface area (TPSA) is 90.4 Å². The average molecular weight is 261 g/mol. The van der Waals surface area contributed by atoms with Gasteiger partial charge >= 0.3 is 0 Å². The van der Waals surface area contributed by atoms with Crippen LogP contribution >= 0.6 is 0 Å². The smallest absolute Gasteiger partial charge is 0.263 e. The molecule has 1 aromatic carbocycles. The van der Waals surface area contributed by atoms with Crippen LogP contribution in [0.5, 0.6) is 5.75 Å². The molecule has 0 spiro atoms. The quantitative estimate of drug-likeness (QED) is 0.826. The van der Waals surface area contributed by atoms with E-state index in [0.29, 0.717) is 17.3 Å². The lowest BCUT2D eigenvalue weighted by Crippen LogP contribution is -2.15. The van der Waals surface area contributed by atoms with Crippen LogP contribution in [0.15, 0.2) is 22.7 Å². The first-order chi connectivity index (χ1) is 9.04. The first-order valence-corrected chi connectivity index (χ1v) is 5.71. The van der Waals surface area contributed by atoms with Crippen molar-refractivity contribution in [3.8, 4) is 5.75 Å². The zero-order valence-corrected chi connectivity index (χ0v) is 11.0. The van der Waals surface area contributed by atoms with Crippen LogP contribution in [0, 0.1) is 13.8 Å². The van der Waals surface area contributed by atoms with Crippen LogP contribution in [0.25, 0.3) is 0 Å². The molecule has 0 unspecified atom stereocenters. The molecule has 1 amide bonds. The summed E-state index contributed by atoms with van der Waals surface area (Å²) in [6.07, 6.45) is 0. The van der Waals surface area contributed by atoms with Gasteiger partial charge in [-0.25, -0.2) is 0 Å². The highest BCUT2D eigenvalue weighted by atomic mass is 16.5. The predicted octanol–water partition coefficient (Wildman–Crippen LogP) is 2.13. The normalized spacial score (nSPS) is 10.3. The van der Waals surface area contributed by atoms with Gasteiger partial charge in [0.1, 0.15) is 11.3 Å². The second kappa shape index (κ2) is 5.01. The lowest BCUT2D eigenvalue weighted by atomic mass is 10.1. The molecule has 0 bridgehead atoms. The predicted molar refractivity (Wildman–Crippen MR) is 71.3 cm³/mol. The molecule has 6 nitrogen and oxygen atoms in total. The van der Waals surface area contributed by atoms with E-state index >= 15 is 0 Å². The zero-order valence-electron chi connectivity index (χ0n) is 11.0. The van der Waals surface area contributed by atoms with Crippen molar-refractivity contribution >= 4 is 17.5 Å². The number of nitrogens with two attached hydrogens (primary N) is 1. The lowest BCUT2D eigenvalue weighted by molar-refractivity contribution is 0.102. The summed E-state index contributed by atoms with van der Waals surface area (Å²) in [6, 6.07) is 5.02. The fraction of sp³-hybridized carbons (Fsp3) is 0.231. The van der Waals surface area contributed by atoms with Gasteiger partial charge in [0.2, 0.25) is 5.88 Å². The van der Waals surface area contributed by atoms with Crippen LogP contribution in [-0.4, -0.2) is 18.2 Å². The van der Waals surface area contributed by atoms with Gasteiger partial charge < -0.3 is 15.0 Å². The molecular weight excluding hydrogens is 246 g/mol. The Morgan fingerprint density at radius 1 is 1.42 bits per heavy atom. The number of aryl methyl sites for hydroxylation is 1. The van der Waals surface area contributed by atoms with E-state index in [2.05, 4.69) is 10.5 Å². The Labute approximate surface area is 110 Å². The zero-order chi connectivity index (χ0) is 14.0. The van der Waals surface area contributed by atoms with Crippen molar-refractivity contribution in [3.05, 3.63) is 35.0 Å². The Hall–Kier alpha value is -2.50. The fourth-order valence-corrected chi connectivity index (χ4v) is 1.66. The van der Waals surface area contributed by atoms with Crippen LogP contribution in [0.4, 0.5) is 11.6 Å². The Bertz CT molecular complexity index is 620. The lowest BCUT2D eigenvalue weighted by Gasteiger charge is -2.10. The molecule has 0 fully saturated rings. The van der Waals surface area contributed by atoms with Crippen LogP contribution < -0.4 is 15.8 Å². The number of hydrogen-bond donors (Lipinski definition) is 2. The summed E-state index contributed by atoms with van der Waals surface area (Å²) >= 11 is 0. The maximum Gasteiger partial charge on any atom is 0.263 e. The van der Waals surface area contributed by atoms with E-state index in [4.69, 9.17) is 15.0 Å². The summed E-state index contributed by atoms with van der Waals surface area (Å²) < 4.78 is 10.2. The van der Waals surface area contributed by atoms with E-state index in [9.17, 15) is 4.79 Å². The first-order valence-electron chi connectivity index (χ1n) is 5.71. The molecule has 2 aromatic rings. The largest absolute Gasteiger partial charge is 0.496 e. The Balaban J connectivity index is 2.33. The SMILES string of the molecule is COc1cccc(N)c1C(=O)Nc1onc(C)c1C. The van der Waals surface area contributed by atoms with Gasteiger partial charge in [-0.1, -0.05) is 11.2 Å². The molecule has 6 heteroatoms. The third-order valence-corrected chi connectivity index (χ3v) is 2.89. The van der Waals surface area contributed by atoms with Crippen molar-refractivity contribution in [2.24, 2.45) is 0 Å². The molecule has 2 rings (SSSR count). The number of anilines is 2. The van der Waals surface area contributed by atoms with Crippen LogP contribution in [0.3, 0.4) is 0 Å². The molecule has 0 aliphatic rings. The van der Waals surface area contributed by atoms with E-state index in [1.54, 1.807) is 25.1 Å². The first kappa shape index (κ1) is 12.9. The van der Waals surface area contributed by atoms with Gasteiger partial charge in [-0.2, -0.15) is 0 Å². The third-order valence-electron chi connectivity index (χ3n) is 2.89. The molecule has 0 aliphatic heterocycles. The summed E-state index contributed by atoms with van der Waals surface area (Å²) in [7, 11) is 1.48. The summed E-state index contributed by atoms with van der Waals surface area (Å²) in [6.45, 7) is 3.61. The molecule has 19 heavy (non-hydrogen) atoms. The number of nitrogens with one attached hydrogen (secondary N) is 1. The van der Waals surface area contributed by atoms with Crippen LogP contribution in [0.2, 0.25) is 0 Å². The van der Waals surface area contributed by atoms with E-state index in [-0.39, 0.29) is 5.56 Å². The standard InChI is InChI=1S/C13H15N3O3/c1-7-8(2)16-19-13(7)15-12(17)11-9(14)5-4-6-10(11)18-3/h4-6H,14H2,1-3H3,(H,15,17). The molecular formula is C13H15N3O3. The summed E-state index contributed by atoms with van der Waals surface area (Å²) in [5, 5.41) is 6.41. The van der Waals surface area contributed by atoms with E-state index in [0.717, 1.165) is 11.3 Å². The summed E-state index contributed by atoms with van der Waals surface area (Å²) in [5.74, 6) is 0.327. The average Bonchev–Trinajstić information content (AvgIpc) is 2.70. The minimum atomic E-state index is -0.394. The molecule has 3 N–H and O–H groups in total. The van der Waals surface area contributed by atoms with Gasteiger partial charge in [0.15, 0.2) is 0 Å². The van der Waals surface area contributed by atoms with Gasteiger partial charge in [0, 0.05) is 11.3 Å². The highest BCUT2D eigenvalue weighted by molar-refractivity contribution is 6.09. The number of ether oxygens (including phenoxy) is 1. The van der Waals surface area contributed by atoms with Crippen molar-refractivity contribution in [1.82, 2.24) is 5.16 Å². The van der Waals surface area contributed by atoms with E-state index in [1.165, 1.54) is 7.11 Å². The van der Waals surface area contributed by atoms with Gasteiger partial charge in [-0.05, 0) is 26.0 Å². The number of amides is 1. The van der Waals surface area contributed by atoms with Crippen molar-refractivity contribution in [1.29, 1.82) is 0 Å². The summed E-state index contributed by atoms with van der Waals surface area (Å²) in [5.41, 5.74) is 7.93. The van der Waals surface area contributed by atoms with Crippen molar-refractivity contribution < 1.29 is 14.1 Å². The van der Waals surface area contributed by atoms with Gasteiger partial charge in [0.05, 0.1) is 12.8 Å². The molecule has 0 aliphatic carbocycles. The molecule has 1 aromatic heterocycles. The number of nitrogens with zero attached hydrogens (tertiary/aromatic N) is 1. The number of methoxy groups -OCH3 is 1. The molecule has 100 valence electrons. The van der Waals surface area contributed by atoms with Gasteiger partial charge in [-0.15, -0.1) is 0 Å². The molecule has 0 atom stereocenters. The number of rotatable bonds is 3. The number of benzene rings is 1. The van der Waals surface area contributed by atoms with Crippen molar-refractivity contribution in [2.75, 3.05) is 18.2 Å². The van der Waals surface area contributed by atoms with E-state index < -0.39 is 5.91 Å². The van der Waals surface area contributed by atoms with E-state index in [1.807, 2.05) is 6.92 Å².